The molecule has 0 saturated carbocycles. The molecule has 0 amide bonds. The SMILES string of the molecule is CCC[C@H](O)C[C@@H]1C[C@H](O)/C=C\[C@H](O)[C@@H](O)C(C)(C)C(=O)O1. The van der Waals surface area contributed by atoms with Gasteiger partial charge in [-0.1, -0.05) is 25.5 Å². The highest BCUT2D eigenvalue weighted by Crippen LogP contribution is 2.29. The lowest BCUT2D eigenvalue weighted by Gasteiger charge is -2.34. The molecule has 0 aromatic heterocycles. The molecule has 1 rings (SSSR count). The summed E-state index contributed by atoms with van der Waals surface area (Å²) in [6, 6.07) is 0. The van der Waals surface area contributed by atoms with Crippen molar-refractivity contribution >= 4 is 5.97 Å². The van der Waals surface area contributed by atoms with Crippen molar-refractivity contribution in [3.05, 3.63) is 12.2 Å². The molecule has 0 bridgehead atoms. The Morgan fingerprint density at radius 2 is 1.95 bits per heavy atom. The Kier molecular flexibility index (Phi) is 6.99. The molecule has 22 heavy (non-hydrogen) atoms. The molecule has 0 aliphatic carbocycles. The van der Waals surface area contributed by atoms with Crippen molar-refractivity contribution in [3.63, 3.8) is 0 Å². The maximum atomic E-state index is 12.3. The van der Waals surface area contributed by atoms with Crippen LogP contribution in [0.15, 0.2) is 12.2 Å². The van der Waals surface area contributed by atoms with Crippen molar-refractivity contribution in [3.8, 4) is 0 Å². The molecule has 0 saturated heterocycles. The van der Waals surface area contributed by atoms with Crippen LogP contribution in [-0.2, 0) is 9.53 Å². The molecule has 128 valence electrons. The maximum Gasteiger partial charge on any atom is 0.314 e. The maximum absolute atomic E-state index is 12.3. The first-order chi connectivity index (χ1) is 10.2. The Morgan fingerprint density at radius 1 is 1.32 bits per heavy atom. The minimum absolute atomic E-state index is 0.141. The third kappa shape index (κ3) is 5.05. The van der Waals surface area contributed by atoms with Gasteiger partial charge in [0, 0.05) is 12.8 Å². The van der Waals surface area contributed by atoms with Gasteiger partial charge < -0.3 is 25.2 Å². The number of hydrogen-bond acceptors (Lipinski definition) is 6. The Bertz CT molecular complexity index is 392. The number of rotatable bonds is 4. The van der Waals surface area contributed by atoms with E-state index in [9.17, 15) is 25.2 Å². The standard InChI is InChI=1S/C16H28O6/c1-4-5-10(17)8-12-9-11(18)6-7-13(19)14(20)16(2,3)15(21)22-12/h6-7,10-14,17-20H,4-5,8-9H2,1-3H3/b7-6-/t10-,11+,12+,13-,14+/m0/s1. The van der Waals surface area contributed by atoms with Crippen LogP contribution in [0.1, 0.15) is 46.5 Å². The third-order valence-corrected chi connectivity index (χ3v) is 4.05. The second-order valence-electron chi connectivity index (χ2n) is 6.55. The molecule has 5 atom stereocenters. The highest BCUT2D eigenvalue weighted by atomic mass is 16.5. The van der Waals surface area contributed by atoms with E-state index in [2.05, 4.69) is 0 Å². The van der Waals surface area contributed by atoms with E-state index in [1.54, 1.807) is 0 Å². The second-order valence-corrected chi connectivity index (χ2v) is 6.55. The second kappa shape index (κ2) is 8.06. The number of esters is 1. The molecule has 6 heteroatoms. The fourth-order valence-electron chi connectivity index (χ4n) is 2.49. The van der Waals surface area contributed by atoms with Gasteiger partial charge in [0.2, 0.25) is 0 Å². The zero-order valence-corrected chi connectivity index (χ0v) is 13.5. The largest absolute Gasteiger partial charge is 0.462 e. The van der Waals surface area contributed by atoms with E-state index in [4.69, 9.17) is 4.74 Å². The molecule has 0 radical (unpaired) electrons. The lowest BCUT2D eigenvalue weighted by Crippen LogP contribution is -2.47. The summed E-state index contributed by atoms with van der Waals surface area (Å²) in [6.45, 7) is 4.93. The Balaban J connectivity index is 2.94. The highest BCUT2D eigenvalue weighted by molar-refractivity contribution is 5.77. The van der Waals surface area contributed by atoms with E-state index >= 15 is 0 Å². The molecule has 1 aliphatic rings. The van der Waals surface area contributed by atoms with Crippen molar-refractivity contribution in [2.24, 2.45) is 5.41 Å². The monoisotopic (exact) mass is 316 g/mol. The molecule has 0 fully saturated rings. The van der Waals surface area contributed by atoms with Gasteiger partial charge in [0.1, 0.15) is 6.10 Å². The number of aliphatic hydroxyl groups is 4. The van der Waals surface area contributed by atoms with Crippen LogP contribution in [0.3, 0.4) is 0 Å². The van der Waals surface area contributed by atoms with E-state index in [-0.39, 0.29) is 12.8 Å². The number of carbonyl (C=O) groups excluding carboxylic acids is 1. The summed E-state index contributed by atoms with van der Waals surface area (Å²) < 4.78 is 5.38. The summed E-state index contributed by atoms with van der Waals surface area (Å²) in [7, 11) is 0. The van der Waals surface area contributed by atoms with E-state index < -0.39 is 41.9 Å². The molecule has 0 aromatic rings. The normalized spacial score (nSPS) is 35.5. The average Bonchev–Trinajstić information content (AvgIpc) is 2.42. The molecule has 1 heterocycles. The van der Waals surface area contributed by atoms with Gasteiger partial charge in [-0.15, -0.1) is 0 Å². The van der Waals surface area contributed by atoms with Gasteiger partial charge in [0.25, 0.3) is 0 Å². The zero-order valence-electron chi connectivity index (χ0n) is 13.5. The van der Waals surface area contributed by atoms with Crippen LogP contribution in [0.25, 0.3) is 0 Å². The Hall–Kier alpha value is -0.950. The Morgan fingerprint density at radius 3 is 2.55 bits per heavy atom. The smallest absolute Gasteiger partial charge is 0.314 e. The van der Waals surface area contributed by atoms with Crippen molar-refractivity contribution in [1.29, 1.82) is 0 Å². The van der Waals surface area contributed by atoms with E-state index in [1.807, 2.05) is 6.92 Å². The fourth-order valence-corrected chi connectivity index (χ4v) is 2.49. The molecule has 0 aromatic carbocycles. The minimum Gasteiger partial charge on any atom is -0.462 e. The minimum atomic E-state index is -1.34. The topological polar surface area (TPSA) is 107 Å². The summed E-state index contributed by atoms with van der Waals surface area (Å²) in [4.78, 5) is 12.3. The molecular weight excluding hydrogens is 288 g/mol. The third-order valence-electron chi connectivity index (χ3n) is 4.05. The zero-order chi connectivity index (χ0) is 16.9. The number of ether oxygens (including phenoxy) is 1. The number of aliphatic hydroxyl groups excluding tert-OH is 4. The van der Waals surface area contributed by atoms with Crippen LogP contribution in [0.2, 0.25) is 0 Å². The predicted molar refractivity (Wildman–Crippen MR) is 81.0 cm³/mol. The summed E-state index contributed by atoms with van der Waals surface area (Å²) in [5.74, 6) is -0.657. The fraction of sp³-hybridized carbons (Fsp3) is 0.812. The quantitative estimate of drug-likeness (QED) is 0.445. The van der Waals surface area contributed by atoms with Gasteiger partial charge in [-0.3, -0.25) is 4.79 Å². The van der Waals surface area contributed by atoms with Gasteiger partial charge >= 0.3 is 5.97 Å². The lowest BCUT2D eigenvalue weighted by molar-refractivity contribution is -0.172. The van der Waals surface area contributed by atoms with Crippen molar-refractivity contribution in [1.82, 2.24) is 0 Å². The van der Waals surface area contributed by atoms with Gasteiger partial charge in [0.15, 0.2) is 0 Å². The highest BCUT2D eigenvalue weighted by Gasteiger charge is 2.42. The lowest BCUT2D eigenvalue weighted by atomic mass is 9.82. The molecule has 0 unspecified atom stereocenters. The molecule has 6 nitrogen and oxygen atoms in total. The molecule has 1 aliphatic heterocycles. The molecular formula is C16H28O6. The summed E-state index contributed by atoms with van der Waals surface area (Å²) >= 11 is 0. The van der Waals surface area contributed by atoms with E-state index in [1.165, 1.54) is 26.0 Å². The van der Waals surface area contributed by atoms with Crippen LogP contribution in [0.5, 0.6) is 0 Å². The first-order valence-corrected chi connectivity index (χ1v) is 7.80. The average molecular weight is 316 g/mol. The van der Waals surface area contributed by atoms with Crippen LogP contribution >= 0.6 is 0 Å². The van der Waals surface area contributed by atoms with Crippen LogP contribution in [-0.4, -0.2) is 56.9 Å². The first-order valence-electron chi connectivity index (χ1n) is 7.80. The van der Waals surface area contributed by atoms with Gasteiger partial charge in [0.05, 0.1) is 29.8 Å². The number of hydrogen-bond donors (Lipinski definition) is 4. The van der Waals surface area contributed by atoms with Crippen molar-refractivity contribution in [2.75, 3.05) is 0 Å². The predicted octanol–water partition coefficient (Wildman–Crippen LogP) is 0.518. The number of carbonyl (C=O) groups is 1. The van der Waals surface area contributed by atoms with Crippen LogP contribution < -0.4 is 0 Å². The van der Waals surface area contributed by atoms with E-state index in [0.29, 0.717) is 6.42 Å². The molecule has 0 spiro atoms. The van der Waals surface area contributed by atoms with Gasteiger partial charge in [-0.2, -0.15) is 0 Å². The molecule has 4 N–H and O–H groups in total. The summed E-state index contributed by atoms with van der Waals surface area (Å²) in [5.41, 5.74) is -1.29. The van der Waals surface area contributed by atoms with Gasteiger partial charge in [-0.25, -0.2) is 0 Å². The van der Waals surface area contributed by atoms with Crippen LogP contribution in [0, 0.1) is 5.41 Å². The van der Waals surface area contributed by atoms with Crippen LogP contribution in [0.4, 0.5) is 0 Å². The van der Waals surface area contributed by atoms with E-state index in [0.717, 1.165) is 6.42 Å². The van der Waals surface area contributed by atoms with Crippen molar-refractivity contribution in [2.45, 2.75) is 77.0 Å². The first kappa shape index (κ1) is 19.1. The van der Waals surface area contributed by atoms with Crippen molar-refractivity contribution < 1.29 is 30.0 Å². The Labute approximate surface area is 131 Å². The summed E-state index contributed by atoms with van der Waals surface area (Å²) in [5, 5.41) is 39.8. The van der Waals surface area contributed by atoms with Gasteiger partial charge in [-0.05, 0) is 20.3 Å². The summed E-state index contributed by atoms with van der Waals surface area (Å²) in [6.07, 6.45) is -0.350. The number of cyclic esters (lactones) is 1.